The number of carbonyl (C=O) groups is 2. The molecule has 0 aromatic carbocycles. The molecule has 1 heterocycles. The van der Waals surface area contributed by atoms with Gasteiger partial charge in [-0.25, -0.2) is 0 Å². The molecule has 0 fully saturated rings. The van der Waals surface area contributed by atoms with Crippen molar-refractivity contribution < 1.29 is 19.1 Å². The van der Waals surface area contributed by atoms with Crippen LogP contribution in [0.15, 0.2) is 35.3 Å². The molecule has 0 bridgehead atoms. The van der Waals surface area contributed by atoms with E-state index in [-0.39, 0.29) is 17.7 Å². The van der Waals surface area contributed by atoms with Gasteiger partial charge in [-0.2, -0.15) is 0 Å². The Balaban J connectivity index is 1.73. The lowest BCUT2D eigenvalue weighted by atomic mass is 9.97. The molecule has 0 aromatic heterocycles. The predicted molar refractivity (Wildman–Crippen MR) is 97.7 cm³/mol. The molecule has 0 aromatic rings. The Bertz CT molecular complexity index is 568. The van der Waals surface area contributed by atoms with Crippen LogP contribution in [-0.2, 0) is 19.1 Å². The molecule has 0 saturated carbocycles. The SMILES string of the molecule is CCCCCCC=CC1C(=CCCCCCC(=O)OC)C(=O)C2=C1O2. The minimum absolute atomic E-state index is 0.0312. The Labute approximate surface area is 151 Å². The molecule has 0 radical (unpaired) electrons. The van der Waals surface area contributed by atoms with Crippen molar-refractivity contribution in [1.82, 2.24) is 0 Å². The Hall–Kier alpha value is -1.84. The molecule has 0 spiro atoms. The minimum Gasteiger partial charge on any atom is -0.469 e. The maximum Gasteiger partial charge on any atom is 0.305 e. The van der Waals surface area contributed by atoms with Crippen LogP contribution in [0.25, 0.3) is 0 Å². The maximum atomic E-state index is 12.2. The first-order chi connectivity index (χ1) is 12.2. The fourth-order valence-corrected chi connectivity index (χ4v) is 3.14. The van der Waals surface area contributed by atoms with Gasteiger partial charge in [0.2, 0.25) is 11.5 Å². The largest absolute Gasteiger partial charge is 0.469 e. The zero-order valence-corrected chi connectivity index (χ0v) is 15.5. The Morgan fingerprint density at radius 3 is 2.64 bits per heavy atom. The van der Waals surface area contributed by atoms with Gasteiger partial charge in [0, 0.05) is 12.0 Å². The molecule has 1 atom stereocenters. The van der Waals surface area contributed by atoms with E-state index in [1.165, 1.54) is 32.8 Å². The highest BCUT2D eigenvalue weighted by molar-refractivity contribution is 6.14. The van der Waals surface area contributed by atoms with Gasteiger partial charge in [-0.15, -0.1) is 0 Å². The van der Waals surface area contributed by atoms with Crippen molar-refractivity contribution in [2.24, 2.45) is 5.92 Å². The molecule has 1 aliphatic heterocycles. The second-order valence-corrected chi connectivity index (χ2v) is 6.71. The molecule has 2 aliphatic rings. The number of esters is 1. The van der Waals surface area contributed by atoms with Gasteiger partial charge < -0.3 is 9.47 Å². The first-order valence-corrected chi connectivity index (χ1v) is 9.59. The van der Waals surface area contributed by atoms with E-state index in [0.29, 0.717) is 12.2 Å². The summed E-state index contributed by atoms with van der Waals surface area (Å²) in [5.74, 6) is 1.36. The number of allylic oxidation sites excluding steroid dienone is 4. The van der Waals surface area contributed by atoms with Crippen LogP contribution in [0.4, 0.5) is 0 Å². The average molecular weight is 346 g/mol. The highest BCUT2D eigenvalue weighted by atomic mass is 16.6. The lowest BCUT2D eigenvalue weighted by Crippen LogP contribution is -2.08. The first-order valence-electron chi connectivity index (χ1n) is 9.59. The molecule has 2 rings (SSSR count). The Morgan fingerprint density at radius 1 is 1.12 bits per heavy atom. The molecule has 0 amide bonds. The van der Waals surface area contributed by atoms with Crippen LogP contribution in [0.1, 0.15) is 71.1 Å². The molecule has 25 heavy (non-hydrogen) atoms. The van der Waals surface area contributed by atoms with E-state index >= 15 is 0 Å². The molecule has 1 unspecified atom stereocenters. The van der Waals surface area contributed by atoms with Crippen LogP contribution in [0.5, 0.6) is 0 Å². The molecule has 1 aliphatic carbocycles. The van der Waals surface area contributed by atoms with Gasteiger partial charge in [0.05, 0.1) is 13.0 Å². The van der Waals surface area contributed by atoms with Crippen LogP contribution in [0, 0.1) is 5.92 Å². The van der Waals surface area contributed by atoms with Gasteiger partial charge in [0.1, 0.15) is 0 Å². The highest BCUT2D eigenvalue weighted by Gasteiger charge is 2.48. The van der Waals surface area contributed by atoms with Crippen molar-refractivity contribution >= 4 is 11.8 Å². The van der Waals surface area contributed by atoms with Gasteiger partial charge in [0.25, 0.3) is 0 Å². The van der Waals surface area contributed by atoms with Crippen LogP contribution >= 0.6 is 0 Å². The first kappa shape index (κ1) is 19.5. The summed E-state index contributed by atoms with van der Waals surface area (Å²) in [6, 6.07) is 0. The molecule has 4 heteroatoms. The average Bonchev–Trinajstić information content (AvgIpc) is 3.36. The minimum atomic E-state index is -0.154. The number of hydrogen-bond donors (Lipinski definition) is 0. The van der Waals surface area contributed by atoms with Crippen LogP contribution in [-0.4, -0.2) is 18.9 Å². The van der Waals surface area contributed by atoms with Crippen molar-refractivity contribution in [2.45, 2.75) is 71.1 Å². The van der Waals surface area contributed by atoms with Crippen LogP contribution in [0.3, 0.4) is 0 Å². The predicted octanol–water partition coefficient (Wildman–Crippen LogP) is 5.00. The number of ketones is 1. The third kappa shape index (κ3) is 5.87. The van der Waals surface area contributed by atoms with Crippen LogP contribution in [0.2, 0.25) is 0 Å². The summed E-state index contributed by atoms with van der Waals surface area (Å²) in [6.45, 7) is 2.21. The maximum absolute atomic E-state index is 12.2. The summed E-state index contributed by atoms with van der Waals surface area (Å²) < 4.78 is 9.96. The molecular formula is C21H30O4. The van der Waals surface area contributed by atoms with Crippen molar-refractivity contribution in [3.8, 4) is 0 Å². The van der Waals surface area contributed by atoms with E-state index in [4.69, 9.17) is 4.74 Å². The van der Waals surface area contributed by atoms with E-state index < -0.39 is 0 Å². The number of ether oxygens (including phenoxy) is 2. The third-order valence-corrected chi connectivity index (χ3v) is 4.71. The van der Waals surface area contributed by atoms with E-state index in [2.05, 4.69) is 29.9 Å². The summed E-state index contributed by atoms with van der Waals surface area (Å²) in [5, 5.41) is 0. The van der Waals surface area contributed by atoms with Gasteiger partial charge in [-0.1, -0.05) is 50.8 Å². The normalized spacial score (nSPS) is 20.3. The van der Waals surface area contributed by atoms with Crippen molar-refractivity contribution in [3.63, 3.8) is 0 Å². The second-order valence-electron chi connectivity index (χ2n) is 6.71. The molecule has 0 saturated heterocycles. The molecule has 4 nitrogen and oxygen atoms in total. The van der Waals surface area contributed by atoms with E-state index in [1.807, 2.05) is 0 Å². The number of rotatable bonds is 12. The zero-order valence-electron chi connectivity index (χ0n) is 15.5. The second kappa shape index (κ2) is 10.2. The lowest BCUT2D eigenvalue weighted by Gasteiger charge is -2.09. The van der Waals surface area contributed by atoms with Crippen molar-refractivity contribution in [1.29, 1.82) is 0 Å². The quantitative estimate of drug-likeness (QED) is 0.216. The van der Waals surface area contributed by atoms with Gasteiger partial charge in [-0.3, -0.25) is 9.59 Å². The van der Waals surface area contributed by atoms with E-state index in [0.717, 1.165) is 43.4 Å². The van der Waals surface area contributed by atoms with Gasteiger partial charge in [0.15, 0.2) is 5.76 Å². The summed E-state index contributed by atoms with van der Waals surface area (Å²) in [4.78, 5) is 23.3. The monoisotopic (exact) mass is 346 g/mol. The van der Waals surface area contributed by atoms with Crippen molar-refractivity contribution in [3.05, 3.63) is 35.3 Å². The standard InChI is InChI=1S/C21H30O4/c1-3-4-5-6-7-11-14-17-16(19(23)21-20(17)25-21)13-10-8-9-12-15-18(22)24-2/h11,13-14,17H,3-10,12,15H2,1-2H3. The summed E-state index contributed by atoms with van der Waals surface area (Å²) >= 11 is 0. The summed E-state index contributed by atoms with van der Waals surface area (Å²) in [7, 11) is 1.42. The van der Waals surface area contributed by atoms with Gasteiger partial charge >= 0.3 is 5.97 Å². The Morgan fingerprint density at radius 2 is 1.88 bits per heavy atom. The fraction of sp³-hybridized carbons (Fsp3) is 0.619. The number of Topliss-reactive ketones (excluding diaryl/α,β-unsaturated/α-hetero) is 1. The molecule has 138 valence electrons. The molecule has 0 N–H and O–H groups in total. The van der Waals surface area contributed by atoms with Gasteiger partial charge in [-0.05, 0) is 32.1 Å². The lowest BCUT2D eigenvalue weighted by molar-refractivity contribution is -0.140. The molecular weight excluding hydrogens is 316 g/mol. The topological polar surface area (TPSA) is 55.9 Å². The number of carbonyl (C=O) groups excluding carboxylic acids is 2. The number of hydrogen-bond acceptors (Lipinski definition) is 4. The fourth-order valence-electron chi connectivity index (χ4n) is 3.14. The highest BCUT2D eigenvalue weighted by Crippen LogP contribution is 2.47. The van der Waals surface area contributed by atoms with E-state index in [9.17, 15) is 9.59 Å². The van der Waals surface area contributed by atoms with E-state index in [1.54, 1.807) is 0 Å². The smallest absolute Gasteiger partial charge is 0.305 e. The summed E-state index contributed by atoms with van der Waals surface area (Å²) in [6.07, 6.45) is 16.6. The third-order valence-electron chi connectivity index (χ3n) is 4.71. The summed E-state index contributed by atoms with van der Waals surface area (Å²) in [5.41, 5.74) is 0.869. The number of methoxy groups -OCH3 is 1. The zero-order chi connectivity index (χ0) is 18.1. The number of unbranched alkanes of at least 4 members (excludes halogenated alkanes) is 7. The van der Waals surface area contributed by atoms with Crippen LogP contribution < -0.4 is 0 Å². The Kier molecular flexibility index (Phi) is 7.96. The van der Waals surface area contributed by atoms with Crippen molar-refractivity contribution in [2.75, 3.05) is 7.11 Å².